The van der Waals surface area contributed by atoms with Gasteiger partial charge in [0.25, 0.3) is 0 Å². The lowest BCUT2D eigenvalue weighted by Crippen LogP contribution is -2.15. The number of hydrogen-bond acceptors (Lipinski definition) is 7. The zero-order valence-corrected chi connectivity index (χ0v) is 19.5. The summed E-state index contributed by atoms with van der Waals surface area (Å²) < 4.78 is 12.3. The van der Waals surface area contributed by atoms with E-state index in [1.54, 1.807) is 0 Å². The highest BCUT2D eigenvalue weighted by Gasteiger charge is 2.18. The van der Waals surface area contributed by atoms with Crippen molar-refractivity contribution in [3.05, 3.63) is 53.1 Å². The first-order valence-electron chi connectivity index (χ1n) is 9.94. The molecule has 0 aliphatic rings. The van der Waals surface area contributed by atoms with E-state index in [4.69, 9.17) is 21.1 Å². The van der Waals surface area contributed by atoms with E-state index in [2.05, 4.69) is 15.5 Å². The fourth-order valence-corrected chi connectivity index (χ4v) is 3.96. The SMILES string of the molecule is CCOc1ccccc1-c1nnc(SCC(=O)Nc2cc(C(=O)OC)ccc2Cl)n1CC. The molecule has 0 spiro atoms. The monoisotopic (exact) mass is 474 g/mol. The van der Waals surface area contributed by atoms with Crippen molar-refractivity contribution in [1.29, 1.82) is 0 Å². The highest BCUT2D eigenvalue weighted by molar-refractivity contribution is 7.99. The summed E-state index contributed by atoms with van der Waals surface area (Å²) in [6.07, 6.45) is 0. The first kappa shape index (κ1) is 23.6. The van der Waals surface area contributed by atoms with Crippen LogP contribution < -0.4 is 10.1 Å². The number of para-hydroxylation sites is 1. The Morgan fingerprint density at radius 3 is 2.66 bits per heavy atom. The van der Waals surface area contributed by atoms with Crippen LogP contribution in [0.4, 0.5) is 5.69 Å². The van der Waals surface area contributed by atoms with Crippen molar-refractivity contribution < 1.29 is 19.1 Å². The van der Waals surface area contributed by atoms with Crippen molar-refractivity contribution in [3.63, 3.8) is 0 Å². The standard InChI is InChI=1S/C22H23ClN4O4S/c1-4-27-20(15-8-6-7-9-18(15)31-5-2)25-26-22(27)32-13-19(28)24-17-12-14(21(29)30-3)10-11-16(17)23/h6-12H,4-5,13H2,1-3H3,(H,24,28). The molecule has 0 saturated heterocycles. The number of anilines is 1. The zero-order chi connectivity index (χ0) is 23.1. The summed E-state index contributed by atoms with van der Waals surface area (Å²) in [5, 5.41) is 12.2. The summed E-state index contributed by atoms with van der Waals surface area (Å²) in [6.45, 7) is 5.07. The number of rotatable bonds is 9. The lowest BCUT2D eigenvalue weighted by Gasteiger charge is -2.11. The van der Waals surface area contributed by atoms with Crippen LogP contribution in [-0.2, 0) is 16.1 Å². The number of aromatic nitrogens is 3. The van der Waals surface area contributed by atoms with Crippen LogP contribution in [0.25, 0.3) is 11.4 Å². The van der Waals surface area contributed by atoms with E-state index < -0.39 is 5.97 Å². The van der Waals surface area contributed by atoms with E-state index in [9.17, 15) is 9.59 Å². The van der Waals surface area contributed by atoms with Gasteiger partial charge < -0.3 is 19.4 Å². The molecule has 0 aliphatic heterocycles. The summed E-state index contributed by atoms with van der Waals surface area (Å²) in [7, 11) is 1.29. The van der Waals surface area contributed by atoms with Crippen molar-refractivity contribution >= 4 is 40.9 Å². The number of ether oxygens (including phenoxy) is 2. The number of carbonyl (C=O) groups is 2. The van der Waals surface area contributed by atoms with Crippen LogP contribution in [0.3, 0.4) is 0 Å². The van der Waals surface area contributed by atoms with Gasteiger partial charge in [0.2, 0.25) is 5.91 Å². The summed E-state index contributed by atoms with van der Waals surface area (Å²) in [4.78, 5) is 24.2. The molecule has 1 amide bonds. The van der Waals surface area contributed by atoms with Gasteiger partial charge in [0.1, 0.15) is 5.75 Å². The molecule has 32 heavy (non-hydrogen) atoms. The Hall–Kier alpha value is -3.04. The molecule has 3 aromatic rings. The van der Waals surface area contributed by atoms with Gasteiger partial charge in [0, 0.05) is 6.54 Å². The molecule has 10 heteroatoms. The van der Waals surface area contributed by atoms with E-state index in [-0.39, 0.29) is 11.7 Å². The minimum atomic E-state index is -0.512. The van der Waals surface area contributed by atoms with Crippen LogP contribution in [0.1, 0.15) is 24.2 Å². The fourth-order valence-electron chi connectivity index (χ4n) is 2.99. The number of thioether (sulfide) groups is 1. The second-order valence-corrected chi connectivity index (χ2v) is 7.85. The van der Waals surface area contributed by atoms with Crippen LogP contribution in [0.2, 0.25) is 5.02 Å². The summed E-state index contributed by atoms with van der Waals surface area (Å²) in [6, 6.07) is 12.2. The summed E-state index contributed by atoms with van der Waals surface area (Å²) in [5.41, 5.74) is 1.47. The van der Waals surface area contributed by atoms with Crippen LogP contribution in [0.5, 0.6) is 5.75 Å². The number of esters is 1. The maximum atomic E-state index is 12.5. The number of benzene rings is 2. The highest BCUT2D eigenvalue weighted by atomic mass is 35.5. The van der Waals surface area contributed by atoms with Gasteiger partial charge in [-0.05, 0) is 44.2 Å². The Morgan fingerprint density at radius 2 is 1.94 bits per heavy atom. The lowest BCUT2D eigenvalue weighted by atomic mass is 10.2. The van der Waals surface area contributed by atoms with E-state index in [0.29, 0.717) is 40.4 Å². The topological polar surface area (TPSA) is 95.3 Å². The summed E-state index contributed by atoms with van der Waals surface area (Å²) >= 11 is 7.41. The van der Waals surface area contributed by atoms with E-state index in [0.717, 1.165) is 11.3 Å². The molecule has 0 radical (unpaired) electrons. The lowest BCUT2D eigenvalue weighted by molar-refractivity contribution is -0.113. The molecule has 0 bridgehead atoms. The molecule has 168 valence electrons. The summed E-state index contributed by atoms with van der Waals surface area (Å²) in [5.74, 6) is 0.687. The van der Waals surface area contributed by atoms with E-state index >= 15 is 0 Å². The normalized spacial score (nSPS) is 10.6. The van der Waals surface area contributed by atoms with Crippen LogP contribution in [0.15, 0.2) is 47.6 Å². The van der Waals surface area contributed by atoms with Crippen LogP contribution >= 0.6 is 23.4 Å². The molecule has 0 aliphatic carbocycles. The van der Waals surface area contributed by atoms with Crippen LogP contribution in [-0.4, -0.2) is 46.1 Å². The molecule has 0 fully saturated rings. The number of methoxy groups -OCH3 is 1. The molecule has 8 nitrogen and oxygen atoms in total. The minimum absolute atomic E-state index is 0.0873. The first-order valence-corrected chi connectivity index (χ1v) is 11.3. The number of amides is 1. The van der Waals surface area contributed by atoms with Crippen molar-refractivity contribution in [2.45, 2.75) is 25.5 Å². The van der Waals surface area contributed by atoms with E-state index in [1.807, 2.05) is 42.7 Å². The molecule has 1 heterocycles. The molecule has 1 aromatic heterocycles. The van der Waals surface area contributed by atoms with Gasteiger partial charge in [0.05, 0.1) is 41.3 Å². The molecule has 0 saturated carbocycles. The number of hydrogen-bond donors (Lipinski definition) is 1. The van der Waals surface area contributed by atoms with Gasteiger partial charge in [-0.3, -0.25) is 4.79 Å². The zero-order valence-electron chi connectivity index (χ0n) is 17.9. The molecule has 0 unspecified atom stereocenters. The molecule has 0 atom stereocenters. The molecule has 1 N–H and O–H groups in total. The predicted molar refractivity (Wildman–Crippen MR) is 124 cm³/mol. The van der Waals surface area contributed by atoms with E-state index in [1.165, 1.54) is 37.1 Å². The Morgan fingerprint density at radius 1 is 1.16 bits per heavy atom. The fraction of sp³-hybridized carbons (Fsp3) is 0.273. The third-order valence-electron chi connectivity index (χ3n) is 4.45. The number of nitrogens with one attached hydrogen (secondary N) is 1. The van der Waals surface area contributed by atoms with Crippen molar-refractivity contribution in [1.82, 2.24) is 14.8 Å². The minimum Gasteiger partial charge on any atom is -0.493 e. The second kappa shape index (κ2) is 11.0. The Kier molecular flexibility index (Phi) is 8.13. The Labute approximate surface area is 195 Å². The number of carbonyl (C=O) groups excluding carboxylic acids is 2. The third kappa shape index (κ3) is 5.41. The van der Waals surface area contributed by atoms with Crippen molar-refractivity contribution in [2.24, 2.45) is 0 Å². The maximum Gasteiger partial charge on any atom is 0.337 e. The van der Waals surface area contributed by atoms with Gasteiger partial charge in [0.15, 0.2) is 11.0 Å². The highest BCUT2D eigenvalue weighted by Crippen LogP contribution is 2.31. The molecule has 2 aromatic carbocycles. The first-order chi connectivity index (χ1) is 15.5. The maximum absolute atomic E-state index is 12.5. The largest absolute Gasteiger partial charge is 0.493 e. The van der Waals surface area contributed by atoms with Gasteiger partial charge in [-0.2, -0.15) is 0 Å². The van der Waals surface area contributed by atoms with Gasteiger partial charge in [-0.15, -0.1) is 10.2 Å². The molecule has 3 rings (SSSR count). The number of halogens is 1. The molecular formula is C22H23ClN4O4S. The number of nitrogens with zero attached hydrogens (tertiary/aromatic N) is 3. The van der Waals surface area contributed by atoms with Crippen LogP contribution in [0, 0.1) is 0 Å². The van der Waals surface area contributed by atoms with Crippen molar-refractivity contribution in [3.8, 4) is 17.1 Å². The van der Waals surface area contributed by atoms with Gasteiger partial charge >= 0.3 is 5.97 Å². The van der Waals surface area contributed by atoms with Gasteiger partial charge in [-0.25, -0.2) is 4.79 Å². The predicted octanol–water partition coefficient (Wildman–Crippen LogP) is 4.53. The second-order valence-electron chi connectivity index (χ2n) is 6.50. The Bertz CT molecular complexity index is 1120. The third-order valence-corrected chi connectivity index (χ3v) is 5.75. The smallest absolute Gasteiger partial charge is 0.337 e. The average molecular weight is 475 g/mol. The van der Waals surface area contributed by atoms with Crippen molar-refractivity contribution in [2.75, 3.05) is 24.8 Å². The average Bonchev–Trinajstić information content (AvgIpc) is 3.22. The Balaban J connectivity index is 1.73. The van der Waals surface area contributed by atoms with Gasteiger partial charge in [-0.1, -0.05) is 35.5 Å². The molecular weight excluding hydrogens is 452 g/mol. The quantitative estimate of drug-likeness (QED) is 0.359.